The maximum absolute atomic E-state index is 15.3. The largest absolute Gasteiger partial charge is 0.473 e. The molecule has 3 aromatic rings. The first-order chi connectivity index (χ1) is 18.8. The van der Waals surface area contributed by atoms with Crippen LogP contribution in [0.15, 0.2) is 48.7 Å². The van der Waals surface area contributed by atoms with Crippen LogP contribution in [0.3, 0.4) is 0 Å². The summed E-state index contributed by atoms with van der Waals surface area (Å²) in [6, 6.07) is 10.6. The Morgan fingerprint density at radius 3 is 2.55 bits per heavy atom. The van der Waals surface area contributed by atoms with Gasteiger partial charge in [0.05, 0.1) is 5.56 Å². The second-order valence-corrected chi connectivity index (χ2v) is 12.1. The highest BCUT2D eigenvalue weighted by atomic mass is 19.4. The van der Waals surface area contributed by atoms with Gasteiger partial charge in [0.25, 0.3) is 0 Å². The van der Waals surface area contributed by atoms with E-state index < -0.39 is 28.9 Å². The zero-order chi connectivity index (χ0) is 28.6. The molecule has 210 valence electrons. The van der Waals surface area contributed by atoms with E-state index in [0.717, 1.165) is 29.2 Å². The molecule has 0 bridgehead atoms. The smallest absolute Gasteiger partial charge is 0.416 e. The molecule has 2 aromatic carbocycles. The average molecular weight is 554 g/mol. The van der Waals surface area contributed by atoms with Gasteiger partial charge in [-0.1, -0.05) is 45.9 Å². The maximum atomic E-state index is 15.3. The molecule has 3 aliphatic rings. The lowest BCUT2D eigenvalue weighted by Crippen LogP contribution is -2.16. The first-order valence-corrected chi connectivity index (χ1v) is 13.6. The van der Waals surface area contributed by atoms with Crippen molar-refractivity contribution in [2.75, 3.05) is 0 Å². The van der Waals surface area contributed by atoms with Gasteiger partial charge in [0.15, 0.2) is 0 Å². The zero-order valence-electron chi connectivity index (χ0n) is 22.9. The van der Waals surface area contributed by atoms with Gasteiger partial charge in [-0.2, -0.15) is 13.2 Å². The SMILES string of the molecule is CCC(=O)O[C@H]1[C@@H]2Cc3cc(OCc4cc5c(cc4F)C(C)(C)CC5c4ccccc4C(F)(F)F)ncc3[C@@]21C. The van der Waals surface area contributed by atoms with Gasteiger partial charge in [-0.15, -0.1) is 0 Å². The first-order valence-electron chi connectivity index (χ1n) is 13.6. The number of pyridine rings is 1. The van der Waals surface area contributed by atoms with Crippen LogP contribution < -0.4 is 4.74 Å². The van der Waals surface area contributed by atoms with Crippen LogP contribution in [0, 0.1) is 11.7 Å². The molecule has 0 amide bonds. The maximum Gasteiger partial charge on any atom is 0.416 e. The monoisotopic (exact) mass is 553 g/mol. The molecular formula is C32H31F4NO3. The molecule has 8 heteroatoms. The molecule has 1 heterocycles. The van der Waals surface area contributed by atoms with Gasteiger partial charge < -0.3 is 9.47 Å². The van der Waals surface area contributed by atoms with Crippen molar-refractivity contribution in [1.29, 1.82) is 0 Å². The van der Waals surface area contributed by atoms with E-state index in [2.05, 4.69) is 11.9 Å². The quantitative estimate of drug-likeness (QED) is 0.236. The van der Waals surface area contributed by atoms with Gasteiger partial charge in [0, 0.05) is 41.5 Å². The van der Waals surface area contributed by atoms with E-state index in [1.165, 1.54) is 18.2 Å². The number of fused-ring (bicyclic) bond motifs is 4. The van der Waals surface area contributed by atoms with Crippen LogP contribution in [0.5, 0.6) is 5.88 Å². The number of rotatable bonds is 6. The summed E-state index contributed by atoms with van der Waals surface area (Å²) >= 11 is 0. The number of hydrogen-bond acceptors (Lipinski definition) is 4. The summed E-state index contributed by atoms with van der Waals surface area (Å²) in [5.41, 5.74) is 2.61. The number of halogens is 4. The number of ether oxygens (including phenoxy) is 2. The fourth-order valence-electron chi connectivity index (χ4n) is 6.95. The van der Waals surface area contributed by atoms with Crippen molar-refractivity contribution in [3.8, 4) is 5.88 Å². The van der Waals surface area contributed by atoms with Crippen molar-refractivity contribution >= 4 is 5.97 Å². The fourth-order valence-corrected chi connectivity index (χ4v) is 6.95. The normalized spacial score (nSPS) is 25.6. The topological polar surface area (TPSA) is 48.4 Å². The Morgan fingerprint density at radius 1 is 1.07 bits per heavy atom. The molecule has 0 saturated heterocycles. The number of esters is 1. The highest BCUT2D eigenvalue weighted by molar-refractivity contribution is 5.70. The molecule has 1 fully saturated rings. The molecule has 0 N–H and O–H groups in total. The summed E-state index contributed by atoms with van der Waals surface area (Å²) in [7, 11) is 0. The van der Waals surface area contributed by atoms with Gasteiger partial charge in [0.2, 0.25) is 5.88 Å². The number of hydrogen-bond donors (Lipinski definition) is 0. The van der Waals surface area contributed by atoms with Gasteiger partial charge >= 0.3 is 12.1 Å². The molecule has 4 nitrogen and oxygen atoms in total. The fraction of sp³-hybridized carbons (Fsp3) is 0.438. The second kappa shape index (κ2) is 9.05. The van der Waals surface area contributed by atoms with E-state index in [1.807, 2.05) is 19.9 Å². The van der Waals surface area contributed by atoms with Crippen LogP contribution in [0.4, 0.5) is 17.6 Å². The number of alkyl halides is 3. The van der Waals surface area contributed by atoms with E-state index in [-0.39, 0.29) is 41.1 Å². The molecule has 1 aromatic heterocycles. The van der Waals surface area contributed by atoms with Crippen molar-refractivity contribution in [2.45, 2.75) is 82.6 Å². The number of carbonyl (C=O) groups excluding carboxylic acids is 1. The predicted octanol–water partition coefficient (Wildman–Crippen LogP) is 7.40. The predicted molar refractivity (Wildman–Crippen MR) is 141 cm³/mol. The lowest BCUT2D eigenvalue weighted by Gasteiger charge is -2.21. The lowest BCUT2D eigenvalue weighted by atomic mass is 9.84. The molecule has 40 heavy (non-hydrogen) atoms. The van der Waals surface area contributed by atoms with Crippen molar-refractivity contribution in [3.05, 3.63) is 93.4 Å². The van der Waals surface area contributed by atoms with Crippen molar-refractivity contribution in [1.82, 2.24) is 4.98 Å². The van der Waals surface area contributed by atoms with E-state index >= 15 is 4.39 Å². The minimum absolute atomic E-state index is 0.101. The third kappa shape index (κ3) is 4.18. The third-order valence-electron chi connectivity index (χ3n) is 9.20. The summed E-state index contributed by atoms with van der Waals surface area (Å²) in [5, 5.41) is 0. The number of carbonyl (C=O) groups is 1. The van der Waals surface area contributed by atoms with Crippen LogP contribution in [-0.2, 0) is 39.6 Å². The van der Waals surface area contributed by atoms with Gasteiger partial charge in [-0.3, -0.25) is 4.79 Å². The number of benzene rings is 2. The Hall–Kier alpha value is -3.42. The van der Waals surface area contributed by atoms with E-state index in [1.54, 1.807) is 25.3 Å². The third-order valence-corrected chi connectivity index (χ3v) is 9.20. The molecule has 4 atom stereocenters. The number of nitrogens with zero attached hydrogens (tertiary/aromatic N) is 1. The van der Waals surface area contributed by atoms with Crippen LogP contribution in [0.25, 0.3) is 0 Å². The van der Waals surface area contributed by atoms with Crippen molar-refractivity contribution < 1.29 is 31.8 Å². The van der Waals surface area contributed by atoms with Crippen molar-refractivity contribution in [3.63, 3.8) is 0 Å². The molecular weight excluding hydrogens is 522 g/mol. The highest BCUT2D eigenvalue weighted by Crippen LogP contribution is 2.63. The van der Waals surface area contributed by atoms with E-state index in [4.69, 9.17) is 9.47 Å². The second-order valence-electron chi connectivity index (χ2n) is 12.1. The highest BCUT2D eigenvalue weighted by Gasteiger charge is 2.69. The number of aromatic nitrogens is 1. The molecule has 0 spiro atoms. The van der Waals surface area contributed by atoms with Gasteiger partial charge in [-0.05, 0) is 64.3 Å². The lowest BCUT2D eigenvalue weighted by molar-refractivity contribution is -0.145. The standard InChI is InChI=1S/C32H31F4NO3/c1-5-28(38)40-29-24-11-17-12-27(37-15-25(17)31(24,29)4)39-16-18-10-20-21(14-30(2,3)23(20)13-26(18)33)19-8-6-7-9-22(19)32(34,35)36/h6-10,12-13,15,21,24,29H,5,11,14,16H2,1-4H3/t21?,24-,29-,31+/m0/s1. The summed E-state index contributed by atoms with van der Waals surface area (Å²) in [4.78, 5) is 16.2. The molecule has 0 radical (unpaired) electrons. The zero-order valence-corrected chi connectivity index (χ0v) is 22.9. The van der Waals surface area contributed by atoms with Crippen LogP contribution in [0.1, 0.15) is 85.4 Å². The van der Waals surface area contributed by atoms with Gasteiger partial charge in [-0.25, -0.2) is 9.37 Å². The van der Waals surface area contributed by atoms with E-state index in [0.29, 0.717) is 24.3 Å². The average Bonchev–Trinajstić information content (AvgIpc) is 3.18. The summed E-state index contributed by atoms with van der Waals surface area (Å²) < 4.78 is 68.3. The minimum atomic E-state index is -4.48. The summed E-state index contributed by atoms with van der Waals surface area (Å²) in [6.07, 6.45) is -1.35. The summed E-state index contributed by atoms with van der Waals surface area (Å²) in [5.74, 6) is -0.609. The Kier molecular flexibility index (Phi) is 6.06. The van der Waals surface area contributed by atoms with Crippen molar-refractivity contribution in [2.24, 2.45) is 5.92 Å². The Bertz CT molecular complexity index is 1510. The molecule has 0 aliphatic heterocycles. The van der Waals surface area contributed by atoms with E-state index in [9.17, 15) is 18.0 Å². The minimum Gasteiger partial charge on any atom is -0.473 e. The van der Waals surface area contributed by atoms with Crippen LogP contribution >= 0.6 is 0 Å². The molecule has 1 unspecified atom stereocenters. The first kappa shape index (κ1) is 26.8. The Morgan fingerprint density at radius 2 is 1.82 bits per heavy atom. The van der Waals surface area contributed by atoms with Gasteiger partial charge in [0.1, 0.15) is 18.5 Å². The van der Waals surface area contributed by atoms with Crippen LogP contribution in [-0.4, -0.2) is 17.1 Å². The molecule has 6 rings (SSSR count). The Balaban J connectivity index is 1.25. The summed E-state index contributed by atoms with van der Waals surface area (Å²) in [6.45, 7) is 7.62. The Labute approximate surface area is 230 Å². The van der Waals surface area contributed by atoms with Crippen LogP contribution in [0.2, 0.25) is 0 Å². The molecule has 3 aliphatic carbocycles. The molecule has 1 saturated carbocycles.